The number of benzene rings is 2. The molecule has 1 aliphatic heterocycles. The SMILES string of the molecule is COc1ccc(C2CC(C(F)(F)F)n3nc(C(=O)NCc4ccccc4)cc3N2)cc1OC. The molecule has 3 aromatic rings. The van der Waals surface area contributed by atoms with Gasteiger partial charge in [0.1, 0.15) is 5.82 Å². The standard InChI is InChI=1S/C23H23F3N4O3/c1-32-18-9-8-15(10-19(18)33-2)16-11-20(23(24,25)26)30-21(28-16)12-17(29-30)22(31)27-13-14-6-4-3-5-7-14/h3-10,12,16,20,28H,11,13H2,1-2H3,(H,27,31). The van der Waals surface area contributed by atoms with Crippen LogP contribution in [0.15, 0.2) is 54.6 Å². The lowest BCUT2D eigenvalue weighted by atomic mass is 9.96. The van der Waals surface area contributed by atoms with Crippen LogP contribution in [0.5, 0.6) is 11.5 Å². The Balaban J connectivity index is 1.60. The van der Waals surface area contributed by atoms with E-state index in [1.807, 2.05) is 30.3 Å². The summed E-state index contributed by atoms with van der Waals surface area (Å²) in [5.74, 6) is 0.464. The smallest absolute Gasteiger partial charge is 0.410 e. The Morgan fingerprint density at radius 3 is 2.52 bits per heavy atom. The van der Waals surface area contributed by atoms with Crippen molar-refractivity contribution in [2.75, 3.05) is 19.5 Å². The maximum absolute atomic E-state index is 13.9. The Labute approximate surface area is 188 Å². The van der Waals surface area contributed by atoms with Crippen LogP contribution < -0.4 is 20.1 Å². The van der Waals surface area contributed by atoms with Crippen LogP contribution in [0.4, 0.5) is 19.0 Å². The summed E-state index contributed by atoms with van der Waals surface area (Å²) in [5.41, 5.74) is 1.38. The third-order valence-electron chi connectivity index (χ3n) is 5.53. The number of carbonyl (C=O) groups excluding carboxylic acids is 1. The summed E-state index contributed by atoms with van der Waals surface area (Å²) in [6.07, 6.45) is -4.84. The van der Waals surface area contributed by atoms with Gasteiger partial charge >= 0.3 is 6.18 Å². The molecule has 0 bridgehead atoms. The summed E-state index contributed by atoms with van der Waals surface area (Å²) in [6, 6.07) is 13.0. The monoisotopic (exact) mass is 460 g/mol. The van der Waals surface area contributed by atoms with Crippen LogP contribution in [0.2, 0.25) is 0 Å². The van der Waals surface area contributed by atoms with Crippen LogP contribution in [0.1, 0.15) is 40.1 Å². The summed E-state index contributed by atoms with van der Waals surface area (Å²) in [4.78, 5) is 12.6. The lowest BCUT2D eigenvalue weighted by Crippen LogP contribution is -2.35. The van der Waals surface area contributed by atoms with Crippen molar-refractivity contribution < 1.29 is 27.4 Å². The maximum atomic E-state index is 13.9. The third kappa shape index (κ3) is 4.74. The van der Waals surface area contributed by atoms with E-state index in [0.29, 0.717) is 17.1 Å². The summed E-state index contributed by atoms with van der Waals surface area (Å²) >= 11 is 0. The lowest BCUT2D eigenvalue weighted by Gasteiger charge is -2.33. The first-order valence-electron chi connectivity index (χ1n) is 10.3. The second kappa shape index (κ2) is 9.05. The number of hydrogen-bond donors (Lipinski definition) is 2. The predicted molar refractivity (Wildman–Crippen MR) is 115 cm³/mol. The Morgan fingerprint density at radius 1 is 1.12 bits per heavy atom. The minimum Gasteiger partial charge on any atom is -0.493 e. The normalized spacial score (nSPS) is 17.6. The van der Waals surface area contributed by atoms with Crippen LogP contribution in [0, 0.1) is 0 Å². The third-order valence-corrected chi connectivity index (χ3v) is 5.53. The fraction of sp³-hybridized carbons (Fsp3) is 0.304. The number of anilines is 1. The second-order valence-corrected chi connectivity index (χ2v) is 7.63. The molecule has 2 atom stereocenters. The van der Waals surface area contributed by atoms with Gasteiger partial charge in [-0.3, -0.25) is 4.79 Å². The van der Waals surface area contributed by atoms with Gasteiger partial charge in [-0.1, -0.05) is 36.4 Å². The van der Waals surface area contributed by atoms with Gasteiger partial charge in [0.25, 0.3) is 5.91 Å². The van der Waals surface area contributed by atoms with Crippen LogP contribution in [-0.4, -0.2) is 36.1 Å². The number of amides is 1. The number of methoxy groups -OCH3 is 2. The molecule has 0 aliphatic carbocycles. The van der Waals surface area contributed by atoms with Crippen molar-refractivity contribution in [2.45, 2.75) is 31.2 Å². The number of halogens is 3. The molecule has 7 nitrogen and oxygen atoms in total. The number of fused-ring (bicyclic) bond motifs is 1. The van der Waals surface area contributed by atoms with E-state index >= 15 is 0 Å². The molecule has 2 heterocycles. The molecule has 2 N–H and O–H groups in total. The van der Waals surface area contributed by atoms with Crippen molar-refractivity contribution in [3.05, 3.63) is 71.4 Å². The number of rotatable bonds is 6. The van der Waals surface area contributed by atoms with E-state index in [0.717, 1.165) is 10.2 Å². The summed E-state index contributed by atoms with van der Waals surface area (Å²) in [5, 5.41) is 9.75. The predicted octanol–water partition coefficient (Wildman–Crippen LogP) is 4.49. The zero-order valence-electron chi connectivity index (χ0n) is 18.0. The molecule has 0 spiro atoms. The van der Waals surface area contributed by atoms with Gasteiger partial charge < -0.3 is 20.1 Å². The average molecular weight is 460 g/mol. The van der Waals surface area contributed by atoms with E-state index in [9.17, 15) is 18.0 Å². The molecule has 1 aliphatic rings. The molecule has 0 radical (unpaired) electrons. The first kappa shape index (κ1) is 22.5. The summed E-state index contributed by atoms with van der Waals surface area (Å²) < 4.78 is 53.1. The Hall–Kier alpha value is -3.69. The molecule has 2 aromatic carbocycles. The molecule has 4 rings (SSSR count). The molecular weight excluding hydrogens is 437 g/mol. The summed E-state index contributed by atoms with van der Waals surface area (Å²) in [7, 11) is 2.95. The van der Waals surface area contributed by atoms with Gasteiger partial charge in [-0.25, -0.2) is 4.68 Å². The molecule has 0 fully saturated rings. The molecule has 0 saturated carbocycles. The average Bonchev–Trinajstić information content (AvgIpc) is 3.25. The van der Waals surface area contributed by atoms with Crippen molar-refractivity contribution in [3.63, 3.8) is 0 Å². The molecule has 2 unspecified atom stereocenters. The highest BCUT2D eigenvalue weighted by Gasteiger charge is 2.47. The first-order chi connectivity index (χ1) is 15.8. The van der Waals surface area contributed by atoms with Gasteiger partial charge in [-0.05, 0) is 23.3 Å². The number of alkyl halides is 3. The number of nitrogens with zero attached hydrogens (tertiary/aromatic N) is 2. The number of hydrogen-bond acceptors (Lipinski definition) is 5. The minimum absolute atomic E-state index is 0.0874. The summed E-state index contributed by atoms with van der Waals surface area (Å²) in [6.45, 7) is 0.242. The van der Waals surface area contributed by atoms with Gasteiger partial charge in [0.05, 0.1) is 20.3 Å². The zero-order chi connectivity index (χ0) is 23.6. The van der Waals surface area contributed by atoms with Crippen LogP contribution in [0.3, 0.4) is 0 Å². The van der Waals surface area contributed by atoms with E-state index in [4.69, 9.17) is 9.47 Å². The Bertz CT molecular complexity index is 1130. The molecule has 1 aromatic heterocycles. The van der Waals surface area contributed by atoms with Crippen molar-refractivity contribution in [1.29, 1.82) is 0 Å². The maximum Gasteiger partial charge on any atom is 0.410 e. The van der Waals surface area contributed by atoms with Crippen LogP contribution >= 0.6 is 0 Å². The number of nitrogens with one attached hydrogen (secondary N) is 2. The second-order valence-electron chi connectivity index (χ2n) is 7.63. The topological polar surface area (TPSA) is 77.4 Å². The fourth-order valence-electron chi connectivity index (χ4n) is 3.84. The van der Waals surface area contributed by atoms with Gasteiger partial charge in [0.15, 0.2) is 23.2 Å². The number of aromatic nitrogens is 2. The Morgan fingerprint density at radius 2 is 1.85 bits per heavy atom. The van der Waals surface area contributed by atoms with Crippen molar-refractivity contribution >= 4 is 11.7 Å². The van der Waals surface area contributed by atoms with Crippen LogP contribution in [0.25, 0.3) is 0 Å². The zero-order valence-corrected chi connectivity index (χ0v) is 18.0. The Kier molecular flexibility index (Phi) is 6.17. The number of ether oxygens (including phenoxy) is 2. The highest BCUT2D eigenvalue weighted by Crippen LogP contribution is 2.44. The number of carbonyl (C=O) groups is 1. The fourth-order valence-corrected chi connectivity index (χ4v) is 3.84. The molecule has 1 amide bonds. The van der Waals surface area contributed by atoms with Crippen LogP contribution in [-0.2, 0) is 6.54 Å². The minimum atomic E-state index is -4.55. The molecular formula is C23H23F3N4O3. The quantitative estimate of drug-likeness (QED) is 0.567. The first-order valence-corrected chi connectivity index (χ1v) is 10.3. The van der Waals surface area contributed by atoms with E-state index in [-0.39, 0.29) is 24.5 Å². The van der Waals surface area contributed by atoms with Gasteiger partial charge in [-0.15, -0.1) is 0 Å². The van der Waals surface area contributed by atoms with Crippen molar-refractivity contribution in [2.24, 2.45) is 0 Å². The van der Waals surface area contributed by atoms with E-state index in [2.05, 4.69) is 15.7 Å². The molecule has 0 saturated heterocycles. The van der Waals surface area contributed by atoms with E-state index in [1.54, 1.807) is 18.2 Å². The highest BCUT2D eigenvalue weighted by atomic mass is 19.4. The van der Waals surface area contributed by atoms with E-state index < -0.39 is 24.2 Å². The lowest BCUT2D eigenvalue weighted by molar-refractivity contribution is -0.173. The van der Waals surface area contributed by atoms with Crippen molar-refractivity contribution in [1.82, 2.24) is 15.1 Å². The largest absolute Gasteiger partial charge is 0.493 e. The molecule has 10 heteroatoms. The van der Waals surface area contributed by atoms with Gasteiger partial charge in [0, 0.05) is 19.0 Å². The van der Waals surface area contributed by atoms with E-state index in [1.165, 1.54) is 20.3 Å². The molecule has 174 valence electrons. The highest BCUT2D eigenvalue weighted by molar-refractivity contribution is 5.93. The van der Waals surface area contributed by atoms with Gasteiger partial charge in [0.2, 0.25) is 0 Å². The van der Waals surface area contributed by atoms with Gasteiger partial charge in [-0.2, -0.15) is 18.3 Å². The molecule has 33 heavy (non-hydrogen) atoms. The van der Waals surface area contributed by atoms with Crippen molar-refractivity contribution in [3.8, 4) is 11.5 Å².